The highest BCUT2D eigenvalue weighted by molar-refractivity contribution is 6.19. The van der Waals surface area contributed by atoms with Crippen LogP contribution in [0.1, 0.15) is 5.56 Å². The number of fused-ring (bicyclic) bond motifs is 5. The molecule has 0 aliphatic heterocycles. The van der Waals surface area contributed by atoms with Gasteiger partial charge in [0.05, 0.1) is 16.6 Å². The first-order chi connectivity index (χ1) is 17.3. The lowest BCUT2D eigenvalue weighted by atomic mass is 10.0. The summed E-state index contributed by atoms with van der Waals surface area (Å²) in [6.45, 7) is 2.13. The van der Waals surface area contributed by atoms with E-state index in [1.807, 2.05) is 0 Å². The lowest BCUT2D eigenvalue weighted by Gasteiger charge is -2.10. The Morgan fingerprint density at radius 3 is 1.89 bits per heavy atom. The lowest BCUT2D eigenvalue weighted by Crippen LogP contribution is -1.94. The first-order valence-electron chi connectivity index (χ1n) is 12.0. The summed E-state index contributed by atoms with van der Waals surface area (Å²) in [6, 6.07) is 43.7. The molecule has 2 aromatic heterocycles. The molecule has 0 amide bonds. The zero-order valence-electron chi connectivity index (χ0n) is 19.5. The van der Waals surface area contributed by atoms with Crippen molar-refractivity contribution in [2.24, 2.45) is 0 Å². The molecule has 0 unspecified atom stereocenters. The highest BCUT2D eigenvalue weighted by Gasteiger charge is 2.17. The molecule has 2 heterocycles. The summed E-state index contributed by atoms with van der Waals surface area (Å²) >= 11 is 0. The average molecular weight is 449 g/mol. The van der Waals surface area contributed by atoms with E-state index in [4.69, 9.17) is 0 Å². The number of aryl methyl sites for hydroxylation is 1. The topological polar surface area (TPSA) is 9.86 Å². The molecule has 5 aromatic carbocycles. The van der Waals surface area contributed by atoms with Crippen molar-refractivity contribution < 1.29 is 0 Å². The van der Waals surface area contributed by atoms with Crippen LogP contribution in [0.3, 0.4) is 0 Å². The van der Waals surface area contributed by atoms with Crippen molar-refractivity contribution in [1.29, 1.82) is 0 Å². The van der Waals surface area contributed by atoms with E-state index in [2.05, 4.69) is 144 Å². The third-order valence-electron chi connectivity index (χ3n) is 7.03. The Labute approximate surface area is 204 Å². The molecule has 166 valence electrons. The monoisotopic (exact) mass is 448 g/mol. The number of aromatic nitrogens is 2. The zero-order chi connectivity index (χ0) is 23.4. The molecule has 0 aliphatic carbocycles. The number of nitrogens with zero attached hydrogens (tertiary/aromatic N) is 2. The van der Waals surface area contributed by atoms with Gasteiger partial charge in [0.2, 0.25) is 0 Å². The van der Waals surface area contributed by atoms with Gasteiger partial charge >= 0.3 is 0 Å². The van der Waals surface area contributed by atoms with Gasteiger partial charge in [-0.15, -0.1) is 0 Å². The Morgan fingerprint density at radius 1 is 0.486 bits per heavy atom. The van der Waals surface area contributed by atoms with Crippen LogP contribution in [0.15, 0.2) is 128 Å². The van der Waals surface area contributed by atoms with Crippen LogP contribution < -0.4 is 0 Å². The molecule has 0 saturated carbocycles. The molecule has 0 saturated heterocycles. The maximum Gasteiger partial charge on any atom is 0.0635 e. The minimum Gasteiger partial charge on any atom is -0.316 e. The Hall–Kier alpha value is -4.56. The second-order valence-corrected chi connectivity index (χ2v) is 9.18. The Balaban J connectivity index is 1.57. The lowest BCUT2D eigenvalue weighted by molar-refractivity contribution is 1.13. The molecule has 2 heteroatoms. The van der Waals surface area contributed by atoms with Gasteiger partial charge in [-0.05, 0) is 66.6 Å². The van der Waals surface area contributed by atoms with Crippen LogP contribution in [0.5, 0.6) is 0 Å². The Morgan fingerprint density at radius 2 is 1.14 bits per heavy atom. The maximum absolute atomic E-state index is 2.42. The van der Waals surface area contributed by atoms with Crippen molar-refractivity contribution in [2.45, 2.75) is 6.92 Å². The van der Waals surface area contributed by atoms with Crippen LogP contribution in [0.2, 0.25) is 0 Å². The van der Waals surface area contributed by atoms with Crippen molar-refractivity contribution in [3.05, 3.63) is 133 Å². The van der Waals surface area contributed by atoms with Gasteiger partial charge in [-0.1, -0.05) is 78.4 Å². The first-order valence-corrected chi connectivity index (χ1v) is 12.0. The highest BCUT2D eigenvalue weighted by atomic mass is 15.0. The Kier molecular flexibility index (Phi) is 4.40. The first kappa shape index (κ1) is 19.9. The summed E-state index contributed by atoms with van der Waals surface area (Å²) in [5.41, 5.74) is 9.80. The quantitative estimate of drug-likeness (QED) is 0.256. The smallest absolute Gasteiger partial charge is 0.0635 e. The van der Waals surface area contributed by atoms with E-state index in [1.54, 1.807) is 0 Å². The minimum absolute atomic E-state index is 1.17. The van der Waals surface area contributed by atoms with Crippen LogP contribution in [-0.4, -0.2) is 9.13 Å². The van der Waals surface area contributed by atoms with Gasteiger partial charge in [-0.25, -0.2) is 0 Å². The van der Waals surface area contributed by atoms with Crippen LogP contribution in [0.25, 0.3) is 55.2 Å². The minimum atomic E-state index is 1.17. The summed E-state index contributed by atoms with van der Waals surface area (Å²) in [7, 11) is 0. The molecule has 0 radical (unpaired) electrons. The summed E-state index contributed by atoms with van der Waals surface area (Å²) < 4.78 is 4.70. The van der Waals surface area contributed by atoms with E-state index in [9.17, 15) is 0 Å². The van der Waals surface area contributed by atoms with E-state index in [0.29, 0.717) is 0 Å². The SMILES string of the molecule is Cc1ccc(-c2ccc3c(c2)c2ccc4c(ccn4-c4ccccc4)c2n3-c2ccccc2)cc1. The predicted molar refractivity (Wildman–Crippen MR) is 148 cm³/mol. The second-order valence-electron chi connectivity index (χ2n) is 9.18. The van der Waals surface area contributed by atoms with Gasteiger partial charge < -0.3 is 9.13 Å². The number of rotatable bonds is 3. The van der Waals surface area contributed by atoms with Crippen LogP contribution in [0, 0.1) is 6.92 Å². The van der Waals surface area contributed by atoms with Crippen molar-refractivity contribution >= 4 is 32.7 Å². The molecule has 0 bridgehead atoms. The third-order valence-corrected chi connectivity index (χ3v) is 7.03. The second kappa shape index (κ2) is 7.75. The predicted octanol–water partition coefficient (Wildman–Crippen LogP) is 8.70. The molecule has 35 heavy (non-hydrogen) atoms. The average Bonchev–Trinajstić information content (AvgIpc) is 3.49. The number of hydrogen-bond acceptors (Lipinski definition) is 0. The van der Waals surface area contributed by atoms with Crippen LogP contribution in [-0.2, 0) is 0 Å². The van der Waals surface area contributed by atoms with Gasteiger partial charge in [0.1, 0.15) is 0 Å². The summed E-state index contributed by atoms with van der Waals surface area (Å²) in [5, 5.41) is 3.80. The van der Waals surface area contributed by atoms with Crippen LogP contribution >= 0.6 is 0 Å². The van der Waals surface area contributed by atoms with Gasteiger partial charge in [0, 0.05) is 33.7 Å². The summed E-state index contributed by atoms with van der Waals surface area (Å²) in [5.74, 6) is 0. The van der Waals surface area contributed by atoms with Gasteiger partial charge in [-0.3, -0.25) is 0 Å². The van der Waals surface area contributed by atoms with Gasteiger partial charge in [0.25, 0.3) is 0 Å². The molecular formula is C33H24N2. The fraction of sp³-hybridized carbons (Fsp3) is 0.0303. The van der Waals surface area contributed by atoms with Crippen molar-refractivity contribution in [1.82, 2.24) is 9.13 Å². The highest BCUT2D eigenvalue weighted by Crippen LogP contribution is 2.39. The maximum atomic E-state index is 2.42. The van der Waals surface area contributed by atoms with E-state index < -0.39 is 0 Å². The molecule has 0 fully saturated rings. The fourth-order valence-corrected chi connectivity index (χ4v) is 5.31. The van der Waals surface area contributed by atoms with Crippen molar-refractivity contribution in [3.63, 3.8) is 0 Å². The van der Waals surface area contributed by atoms with Gasteiger partial charge in [0.15, 0.2) is 0 Å². The normalized spacial score (nSPS) is 11.6. The standard InChI is InChI=1S/C33H24N2/c1-23-12-14-24(15-13-23)25-16-18-32-30(22-25)28-17-19-31-29(20-21-34(31)26-8-4-2-5-9-26)33(28)35(32)27-10-6-3-7-11-27/h2-22H,1H3. The molecule has 0 aliphatic rings. The van der Waals surface area contributed by atoms with Crippen molar-refractivity contribution in [3.8, 4) is 22.5 Å². The zero-order valence-corrected chi connectivity index (χ0v) is 19.5. The third kappa shape index (κ3) is 3.11. The van der Waals surface area contributed by atoms with Crippen molar-refractivity contribution in [2.75, 3.05) is 0 Å². The summed E-state index contributed by atoms with van der Waals surface area (Å²) in [6.07, 6.45) is 2.18. The van der Waals surface area contributed by atoms with Gasteiger partial charge in [-0.2, -0.15) is 0 Å². The summed E-state index contributed by atoms with van der Waals surface area (Å²) in [4.78, 5) is 0. The number of benzene rings is 5. The number of para-hydroxylation sites is 2. The van der Waals surface area contributed by atoms with E-state index >= 15 is 0 Å². The molecule has 7 rings (SSSR count). The molecule has 0 spiro atoms. The fourth-order valence-electron chi connectivity index (χ4n) is 5.31. The molecule has 7 aromatic rings. The van der Waals surface area contributed by atoms with E-state index in [-0.39, 0.29) is 0 Å². The largest absolute Gasteiger partial charge is 0.316 e. The number of hydrogen-bond donors (Lipinski definition) is 0. The molecule has 2 nitrogen and oxygen atoms in total. The molecular weight excluding hydrogens is 424 g/mol. The van der Waals surface area contributed by atoms with Crippen LogP contribution in [0.4, 0.5) is 0 Å². The Bertz CT molecular complexity index is 1820. The molecule has 0 atom stereocenters. The van der Waals surface area contributed by atoms with E-state index in [1.165, 1.54) is 60.8 Å². The van der Waals surface area contributed by atoms with E-state index in [0.717, 1.165) is 0 Å². The molecule has 0 N–H and O–H groups in total.